The zero-order valence-electron chi connectivity index (χ0n) is 25.6. The van der Waals surface area contributed by atoms with Crippen LogP contribution in [0, 0.1) is 0 Å². The Kier molecular flexibility index (Phi) is 17.0. The van der Waals surface area contributed by atoms with Crippen LogP contribution in [0.2, 0.25) is 0 Å². The standard InChI is InChI=1S/C31H58N2O9/c1-2-3-4-5-6-7-8-9-10-11-12-13-14-15-16-17-26(37)32-21-31(23-42-31)33(24(19-34)20-35)25-18-30(41,22-36)29(40)28(39)27(25)38/h9-10,24-25,27-29,34-36,38-41H,2-8,11-23H2,1H3,(H,32,37). The fourth-order valence-corrected chi connectivity index (χ4v) is 6.00. The molecular formula is C31H58N2O9. The molecule has 0 aromatic heterocycles. The number of hydrogen-bond acceptors (Lipinski definition) is 10. The monoisotopic (exact) mass is 602 g/mol. The topological polar surface area (TPSA) is 186 Å². The SMILES string of the molecule is CCCCCCCCC=CCCCCCCCC(=O)NCC1(N(C(CO)CO)C2CC(O)(CO)C(O)C(O)C2O)CO1. The van der Waals surface area contributed by atoms with Gasteiger partial charge < -0.3 is 45.8 Å². The number of allylic oxidation sites excluding steroid dienone is 2. The van der Waals surface area contributed by atoms with E-state index in [1.165, 1.54) is 49.8 Å². The van der Waals surface area contributed by atoms with Crippen LogP contribution in [0.15, 0.2) is 12.2 Å². The number of carbonyl (C=O) groups is 1. The molecule has 6 atom stereocenters. The maximum Gasteiger partial charge on any atom is 0.220 e. The summed E-state index contributed by atoms with van der Waals surface area (Å²) < 4.78 is 5.67. The number of aliphatic hydroxyl groups excluding tert-OH is 6. The predicted molar refractivity (Wildman–Crippen MR) is 159 cm³/mol. The third-order valence-corrected chi connectivity index (χ3v) is 8.80. The molecular weight excluding hydrogens is 544 g/mol. The van der Waals surface area contributed by atoms with Gasteiger partial charge in [0.05, 0.1) is 45.1 Å². The maximum atomic E-state index is 12.6. The summed E-state index contributed by atoms with van der Waals surface area (Å²) in [6.45, 7) is 0.449. The van der Waals surface area contributed by atoms with Crippen molar-refractivity contribution in [2.24, 2.45) is 0 Å². The highest BCUT2D eigenvalue weighted by Gasteiger charge is 2.61. The number of unbranched alkanes of at least 4 members (excludes halogenated alkanes) is 11. The van der Waals surface area contributed by atoms with Crippen LogP contribution < -0.4 is 5.32 Å². The van der Waals surface area contributed by atoms with Gasteiger partial charge in [-0.2, -0.15) is 0 Å². The zero-order valence-corrected chi connectivity index (χ0v) is 25.6. The van der Waals surface area contributed by atoms with Gasteiger partial charge in [0.25, 0.3) is 0 Å². The van der Waals surface area contributed by atoms with Crippen LogP contribution in [0.4, 0.5) is 0 Å². The summed E-state index contributed by atoms with van der Waals surface area (Å²) in [5, 5.41) is 74.5. The molecule has 42 heavy (non-hydrogen) atoms. The molecule has 0 aromatic carbocycles. The molecule has 11 nitrogen and oxygen atoms in total. The number of nitrogens with zero attached hydrogens (tertiary/aromatic N) is 1. The Morgan fingerprint density at radius 3 is 1.98 bits per heavy atom. The Morgan fingerprint density at radius 2 is 1.45 bits per heavy atom. The minimum Gasteiger partial charge on any atom is -0.395 e. The van der Waals surface area contributed by atoms with E-state index in [0.717, 1.165) is 38.5 Å². The van der Waals surface area contributed by atoms with Crippen molar-refractivity contribution in [3.63, 3.8) is 0 Å². The number of nitrogens with one attached hydrogen (secondary N) is 1. The predicted octanol–water partition coefficient (Wildman–Crippen LogP) is 1.10. The summed E-state index contributed by atoms with van der Waals surface area (Å²) in [4.78, 5) is 14.0. The number of amides is 1. The fraction of sp³-hybridized carbons (Fsp3) is 0.903. The van der Waals surface area contributed by atoms with Gasteiger partial charge in [0.2, 0.25) is 5.91 Å². The number of aliphatic hydroxyl groups is 7. The Bertz CT molecular complexity index is 778. The molecule has 11 heteroatoms. The summed E-state index contributed by atoms with van der Waals surface area (Å²) in [6.07, 6.45) is 14.7. The highest BCUT2D eigenvalue weighted by molar-refractivity contribution is 5.75. The van der Waals surface area contributed by atoms with Gasteiger partial charge in [0, 0.05) is 12.5 Å². The second-order valence-corrected chi connectivity index (χ2v) is 12.2. The van der Waals surface area contributed by atoms with Crippen molar-refractivity contribution in [3.05, 3.63) is 12.2 Å². The normalized spacial score (nSPS) is 29.6. The first-order chi connectivity index (χ1) is 20.2. The third-order valence-electron chi connectivity index (χ3n) is 8.80. The highest BCUT2D eigenvalue weighted by Crippen LogP contribution is 2.41. The first-order valence-corrected chi connectivity index (χ1v) is 16.1. The van der Waals surface area contributed by atoms with Crippen LogP contribution in [0.5, 0.6) is 0 Å². The Hall–Kier alpha value is -1.15. The summed E-state index contributed by atoms with van der Waals surface area (Å²) in [5.41, 5.74) is -3.29. The van der Waals surface area contributed by atoms with E-state index < -0.39 is 61.5 Å². The molecule has 2 fully saturated rings. The van der Waals surface area contributed by atoms with Crippen LogP contribution in [0.1, 0.15) is 103 Å². The van der Waals surface area contributed by atoms with Gasteiger partial charge in [-0.05, 0) is 38.5 Å². The lowest BCUT2D eigenvalue weighted by atomic mass is 9.75. The van der Waals surface area contributed by atoms with Gasteiger partial charge in [-0.1, -0.05) is 70.4 Å². The quantitative estimate of drug-likeness (QED) is 0.0478. The minimum absolute atomic E-state index is 0.00678. The van der Waals surface area contributed by atoms with Crippen molar-refractivity contribution in [1.29, 1.82) is 0 Å². The van der Waals surface area contributed by atoms with Gasteiger partial charge in [0.1, 0.15) is 17.8 Å². The summed E-state index contributed by atoms with van der Waals surface area (Å²) in [7, 11) is 0. The van der Waals surface area contributed by atoms with Crippen molar-refractivity contribution in [2.75, 3.05) is 33.0 Å². The maximum absolute atomic E-state index is 12.6. The minimum atomic E-state index is -2.11. The van der Waals surface area contributed by atoms with E-state index in [1.54, 1.807) is 0 Å². The van der Waals surface area contributed by atoms with Gasteiger partial charge >= 0.3 is 0 Å². The number of carbonyl (C=O) groups excluding carboxylic acids is 1. The number of rotatable bonds is 23. The fourth-order valence-electron chi connectivity index (χ4n) is 6.00. The lowest BCUT2D eigenvalue weighted by Gasteiger charge is -2.51. The van der Waals surface area contributed by atoms with E-state index in [2.05, 4.69) is 24.4 Å². The van der Waals surface area contributed by atoms with Crippen LogP contribution in [-0.4, -0.2) is 121 Å². The third kappa shape index (κ3) is 11.1. The molecule has 6 unspecified atom stereocenters. The average molecular weight is 603 g/mol. The number of ether oxygens (including phenoxy) is 1. The molecule has 1 amide bonds. The van der Waals surface area contributed by atoms with Gasteiger partial charge in [-0.15, -0.1) is 0 Å². The van der Waals surface area contributed by atoms with Gasteiger partial charge in [0.15, 0.2) is 5.72 Å². The van der Waals surface area contributed by atoms with E-state index in [1.807, 2.05) is 0 Å². The smallest absolute Gasteiger partial charge is 0.220 e. The summed E-state index contributed by atoms with van der Waals surface area (Å²) in [5.74, 6) is -0.168. The molecule has 2 rings (SSSR count). The van der Waals surface area contributed by atoms with E-state index >= 15 is 0 Å². The number of hydrogen-bond donors (Lipinski definition) is 8. The molecule has 1 aliphatic heterocycles. The van der Waals surface area contributed by atoms with E-state index in [-0.39, 0.29) is 25.5 Å². The molecule has 8 N–H and O–H groups in total. The second-order valence-electron chi connectivity index (χ2n) is 12.2. The van der Waals surface area contributed by atoms with E-state index in [9.17, 15) is 40.5 Å². The first kappa shape index (κ1) is 37.0. The highest BCUT2D eigenvalue weighted by atomic mass is 16.6. The Labute approximate surface area is 251 Å². The zero-order chi connectivity index (χ0) is 31.0. The van der Waals surface area contributed by atoms with Crippen LogP contribution >= 0.6 is 0 Å². The molecule has 1 aliphatic carbocycles. The first-order valence-electron chi connectivity index (χ1n) is 16.1. The molecule has 0 spiro atoms. The lowest BCUT2D eigenvalue weighted by molar-refractivity contribution is -0.231. The Morgan fingerprint density at radius 1 is 0.905 bits per heavy atom. The van der Waals surface area contributed by atoms with Crippen molar-refractivity contribution in [1.82, 2.24) is 10.2 Å². The van der Waals surface area contributed by atoms with Crippen LogP contribution in [0.25, 0.3) is 0 Å². The van der Waals surface area contributed by atoms with Crippen molar-refractivity contribution in [3.8, 4) is 0 Å². The molecule has 0 radical (unpaired) electrons. The average Bonchev–Trinajstić information content (AvgIpc) is 3.78. The van der Waals surface area contributed by atoms with Crippen LogP contribution in [0.3, 0.4) is 0 Å². The van der Waals surface area contributed by atoms with Crippen molar-refractivity contribution < 1.29 is 45.3 Å². The van der Waals surface area contributed by atoms with Gasteiger partial charge in [-0.25, -0.2) is 0 Å². The Balaban J connectivity index is 1.72. The van der Waals surface area contributed by atoms with Gasteiger partial charge in [-0.3, -0.25) is 9.69 Å². The van der Waals surface area contributed by atoms with Crippen molar-refractivity contribution in [2.45, 2.75) is 145 Å². The summed E-state index contributed by atoms with van der Waals surface area (Å²) >= 11 is 0. The molecule has 0 bridgehead atoms. The molecule has 1 saturated heterocycles. The molecule has 1 heterocycles. The number of epoxide rings is 1. The molecule has 0 aromatic rings. The largest absolute Gasteiger partial charge is 0.395 e. The van der Waals surface area contributed by atoms with Crippen LogP contribution in [-0.2, 0) is 9.53 Å². The molecule has 246 valence electrons. The molecule has 1 saturated carbocycles. The summed E-state index contributed by atoms with van der Waals surface area (Å²) in [6, 6.07) is -2.03. The second kappa shape index (κ2) is 19.3. The molecule has 2 aliphatic rings. The lowest BCUT2D eigenvalue weighted by Crippen LogP contribution is -2.71. The van der Waals surface area contributed by atoms with Crippen molar-refractivity contribution >= 4 is 5.91 Å². The van der Waals surface area contributed by atoms with E-state index in [0.29, 0.717) is 6.42 Å². The van der Waals surface area contributed by atoms with E-state index in [4.69, 9.17) is 4.74 Å².